The molecule has 0 unspecified atom stereocenters. The number of carbonyl (C=O) groups is 2. The van der Waals surface area contributed by atoms with Crippen LogP contribution >= 0.6 is 0 Å². The lowest BCUT2D eigenvalue weighted by atomic mass is 10.0. The number of hydrogen-bond acceptors (Lipinski definition) is 5. The van der Waals surface area contributed by atoms with Gasteiger partial charge < -0.3 is 19.5 Å². The van der Waals surface area contributed by atoms with Crippen LogP contribution in [-0.2, 0) is 22.6 Å². The maximum atomic E-state index is 12.7. The molecule has 1 N–H and O–H groups in total. The first kappa shape index (κ1) is 26.8. The molecule has 0 spiro atoms. The summed E-state index contributed by atoms with van der Waals surface area (Å²) in [6.45, 7) is 7.44. The van der Waals surface area contributed by atoms with E-state index in [1.54, 1.807) is 31.2 Å². The average molecular weight is 490 g/mol. The summed E-state index contributed by atoms with van der Waals surface area (Å²) >= 11 is 0. The van der Waals surface area contributed by atoms with Gasteiger partial charge in [-0.3, -0.25) is 9.59 Å². The Labute approximate surface area is 213 Å². The lowest BCUT2D eigenvalue weighted by Gasteiger charge is -2.10. The standard InChI is InChI=1S/C30H35NO5/c1-4-34-29(32)9-6-18-35-28-8-5-7-25(20-28)30(33)31-26-14-16-27(17-15-26)36-21-24-12-10-23(11-13-24)19-22(2)3/h5,7-8,10-17,20,22H,4,6,9,18-19,21H2,1-3H3,(H,31,33). The van der Waals surface area contributed by atoms with Crippen LogP contribution in [0.4, 0.5) is 5.69 Å². The number of benzene rings is 3. The Morgan fingerprint density at radius 2 is 1.58 bits per heavy atom. The van der Waals surface area contributed by atoms with Crippen molar-refractivity contribution in [1.82, 2.24) is 0 Å². The summed E-state index contributed by atoms with van der Waals surface area (Å²) in [5.41, 5.74) is 3.60. The molecular formula is C30H35NO5. The minimum Gasteiger partial charge on any atom is -0.494 e. The highest BCUT2D eigenvalue weighted by atomic mass is 16.5. The normalized spacial score (nSPS) is 10.7. The number of anilines is 1. The van der Waals surface area contributed by atoms with Gasteiger partial charge in [-0.05, 0) is 79.3 Å². The molecule has 0 aliphatic heterocycles. The first-order valence-electron chi connectivity index (χ1n) is 12.4. The van der Waals surface area contributed by atoms with Crippen molar-refractivity contribution in [3.8, 4) is 11.5 Å². The van der Waals surface area contributed by atoms with Gasteiger partial charge in [-0.25, -0.2) is 0 Å². The SMILES string of the molecule is CCOC(=O)CCCOc1cccc(C(=O)Nc2ccc(OCc3ccc(CC(C)C)cc3)cc2)c1. The van der Waals surface area contributed by atoms with Gasteiger partial charge in [0.05, 0.1) is 13.2 Å². The van der Waals surface area contributed by atoms with Crippen LogP contribution in [0.2, 0.25) is 0 Å². The van der Waals surface area contributed by atoms with Crippen LogP contribution in [0.3, 0.4) is 0 Å². The average Bonchev–Trinajstić information content (AvgIpc) is 2.87. The Hall–Kier alpha value is -3.80. The van der Waals surface area contributed by atoms with Gasteiger partial charge in [0.15, 0.2) is 0 Å². The fourth-order valence-corrected chi connectivity index (χ4v) is 3.61. The monoisotopic (exact) mass is 489 g/mol. The van der Waals surface area contributed by atoms with E-state index in [9.17, 15) is 9.59 Å². The number of ether oxygens (including phenoxy) is 3. The number of carbonyl (C=O) groups excluding carboxylic acids is 2. The second-order valence-electron chi connectivity index (χ2n) is 8.97. The zero-order valence-corrected chi connectivity index (χ0v) is 21.3. The van der Waals surface area contributed by atoms with E-state index in [4.69, 9.17) is 14.2 Å². The predicted octanol–water partition coefficient (Wildman–Crippen LogP) is 6.44. The molecule has 0 radical (unpaired) electrons. The van der Waals surface area contributed by atoms with Gasteiger partial charge in [-0.1, -0.05) is 44.2 Å². The topological polar surface area (TPSA) is 73.9 Å². The van der Waals surface area contributed by atoms with E-state index in [0.29, 0.717) is 55.6 Å². The molecular weight excluding hydrogens is 454 g/mol. The zero-order valence-electron chi connectivity index (χ0n) is 21.3. The van der Waals surface area contributed by atoms with Crippen molar-refractivity contribution < 1.29 is 23.8 Å². The van der Waals surface area contributed by atoms with E-state index in [2.05, 4.69) is 43.4 Å². The molecule has 3 rings (SSSR count). The van der Waals surface area contributed by atoms with Gasteiger partial charge in [0.2, 0.25) is 0 Å². The molecule has 0 aromatic heterocycles. The molecule has 0 aliphatic rings. The van der Waals surface area contributed by atoms with Crippen LogP contribution in [0, 0.1) is 5.92 Å². The Morgan fingerprint density at radius 1 is 0.861 bits per heavy atom. The molecule has 0 fully saturated rings. The highest BCUT2D eigenvalue weighted by Gasteiger charge is 2.09. The number of esters is 1. The van der Waals surface area contributed by atoms with Gasteiger partial charge >= 0.3 is 5.97 Å². The molecule has 0 aliphatic carbocycles. The minimum atomic E-state index is -0.235. The quantitative estimate of drug-likeness (QED) is 0.221. The molecule has 0 saturated carbocycles. The zero-order chi connectivity index (χ0) is 25.8. The molecule has 0 bridgehead atoms. The lowest BCUT2D eigenvalue weighted by Crippen LogP contribution is -2.12. The fourth-order valence-electron chi connectivity index (χ4n) is 3.61. The summed E-state index contributed by atoms with van der Waals surface area (Å²) in [5, 5.41) is 2.89. The number of nitrogens with one attached hydrogen (secondary N) is 1. The third-order valence-electron chi connectivity index (χ3n) is 5.38. The van der Waals surface area contributed by atoms with Gasteiger partial charge in [0.25, 0.3) is 5.91 Å². The fraction of sp³-hybridized carbons (Fsp3) is 0.333. The number of hydrogen-bond donors (Lipinski definition) is 1. The third-order valence-corrected chi connectivity index (χ3v) is 5.38. The minimum absolute atomic E-state index is 0.234. The van der Waals surface area contributed by atoms with E-state index in [0.717, 1.165) is 17.7 Å². The summed E-state index contributed by atoms with van der Waals surface area (Å²) in [7, 11) is 0. The molecule has 0 heterocycles. The van der Waals surface area contributed by atoms with Gasteiger partial charge in [0, 0.05) is 17.7 Å². The summed E-state index contributed by atoms with van der Waals surface area (Å²) in [6.07, 6.45) is 1.92. The predicted molar refractivity (Wildman–Crippen MR) is 142 cm³/mol. The highest BCUT2D eigenvalue weighted by molar-refractivity contribution is 6.04. The molecule has 3 aromatic rings. The maximum absolute atomic E-state index is 12.7. The van der Waals surface area contributed by atoms with Crippen LogP contribution in [0.5, 0.6) is 11.5 Å². The van der Waals surface area contributed by atoms with E-state index < -0.39 is 0 Å². The van der Waals surface area contributed by atoms with Crippen molar-refractivity contribution in [2.24, 2.45) is 5.92 Å². The molecule has 0 atom stereocenters. The summed E-state index contributed by atoms with van der Waals surface area (Å²) in [4.78, 5) is 24.1. The van der Waals surface area contributed by atoms with Crippen molar-refractivity contribution in [3.63, 3.8) is 0 Å². The molecule has 0 saturated heterocycles. The van der Waals surface area contributed by atoms with Crippen molar-refractivity contribution in [2.75, 3.05) is 18.5 Å². The molecule has 6 heteroatoms. The van der Waals surface area contributed by atoms with E-state index in [1.165, 1.54) is 5.56 Å². The first-order valence-corrected chi connectivity index (χ1v) is 12.4. The summed E-state index contributed by atoms with van der Waals surface area (Å²) in [5.74, 6) is 1.48. The number of amides is 1. The molecule has 1 amide bonds. The smallest absolute Gasteiger partial charge is 0.305 e. The van der Waals surface area contributed by atoms with Gasteiger partial charge in [-0.2, -0.15) is 0 Å². The third kappa shape index (κ3) is 9.10. The summed E-state index contributed by atoms with van der Waals surface area (Å²) < 4.78 is 16.5. The Balaban J connectivity index is 1.46. The van der Waals surface area contributed by atoms with Crippen molar-refractivity contribution in [3.05, 3.63) is 89.5 Å². The van der Waals surface area contributed by atoms with Gasteiger partial charge in [-0.15, -0.1) is 0 Å². The van der Waals surface area contributed by atoms with Crippen LogP contribution in [0.1, 0.15) is 55.1 Å². The van der Waals surface area contributed by atoms with E-state index in [-0.39, 0.29) is 11.9 Å². The Morgan fingerprint density at radius 3 is 2.28 bits per heavy atom. The van der Waals surface area contributed by atoms with Crippen molar-refractivity contribution >= 4 is 17.6 Å². The number of rotatable bonds is 13. The van der Waals surface area contributed by atoms with Crippen molar-refractivity contribution in [2.45, 2.75) is 46.6 Å². The Bertz CT molecular complexity index is 1110. The first-order chi connectivity index (χ1) is 17.4. The van der Waals surface area contributed by atoms with E-state index >= 15 is 0 Å². The van der Waals surface area contributed by atoms with E-state index in [1.807, 2.05) is 24.3 Å². The van der Waals surface area contributed by atoms with Crippen LogP contribution in [0.15, 0.2) is 72.8 Å². The van der Waals surface area contributed by atoms with Crippen LogP contribution < -0.4 is 14.8 Å². The second kappa shape index (κ2) is 13.9. The van der Waals surface area contributed by atoms with Crippen LogP contribution in [-0.4, -0.2) is 25.1 Å². The molecule has 6 nitrogen and oxygen atoms in total. The van der Waals surface area contributed by atoms with Crippen molar-refractivity contribution in [1.29, 1.82) is 0 Å². The van der Waals surface area contributed by atoms with Gasteiger partial charge in [0.1, 0.15) is 18.1 Å². The highest BCUT2D eigenvalue weighted by Crippen LogP contribution is 2.20. The molecule has 190 valence electrons. The lowest BCUT2D eigenvalue weighted by molar-refractivity contribution is -0.143. The molecule has 3 aromatic carbocycles. The summed E-state index contributed by atoms with van der Waals surface area (Å²) in [6, 6.07) is 22.8. The second-order valence-corrected chi connectivity index (χ2v) is 8.97. The van der Waals surface area contributed by atoms with Crippen LogP contribution in [0.25, 0.3) is 0 Å². The Kier molecular flexibility index (Phi) is 10.4. The maximum Gasteiger partial charge on any atom is 0.305 e. The molecule has 36 heavy (non-hydrogen) atoms. The largest absolute Gasteiger partial charge is 0.494 e.